The van der Waals surface area contributed by atoms with Crippen LogP contribution < -0.4 is 20.7 Å². The molecule has 2 unspecified atom stereocenters. The number of rotatable bonds is 5. The molecule has 35 heavy (non-hydrogen) atoms. The number of piperidine rings is 1. The van der Waals surface area contributed by atoms with Crippen molar-refractivity contribution in [3.8, 4) is 34.3 Å². The second kappa shape index (κ2) is 7.44. The minimum atomic E-state index is 0.300. The molecule has 2 atom stereocenters. The topological polar surface area (TPSA) is 133 Å². The lowest BCUT2D eigenvalue weighted by atomic mass is 10.1. The molecule has 2 aliphatic carbocycles. The first-order chi connectivity index (χ1) is 17.1. The number of anilines is 2. The van der Waals surface area contributed by atoms with Gasteiger partial charge in [-0.3, -0.25) is 4.98 Å². The van der Waals surface area contributed by atoms with Crippen LogP contribution >= 0.6 is 0 Å². The standard InChI is InChI=1S/C24H24N10O/c1-26-18-5-3-4-14-15(18)7-19-20(14)23(34-10-16-17(11-34)21(16)25)29-24(28-19)35-13-6-12(8-27-9-13)22-30-32-33(2)31-22/h3-6,8-9,16-17,21,26H,7,10-11,25H2,1-2H3. The average molecular weight is 469 g/mol. The van der Waals surface area contributed by atoms with Crippen LogP contribution in [-0.4, -0.2) is 61.3 Å². The molecule has 3 N–H and O–H groups in total. The maximum absolute atomic E-state index is 6.22. The number of benzene rings is 1. The number of pyridine rings is 1. The lowest BCUT2D eigenvalue weighted by molar-refractivity contribution is 0.438. The van der Waals surface area contributed by atoms with Crippen molar-refractivity contribution in [2.24, 2.45) is 24.6 Å². The lowest BCUT2D eigenvalue weighted by Crippen LogP contribution is -2.29. The number of hydrogen-bond acceptors (Lipinski definition) is 10. The first-order valence-electron chi connectivity index (χ1n) is 11.7. The molecule has 0 bridgehead atoms. The number of tetrazole rings is 1. The Morgan fingerprint density at radius 2 is 2.00 bits per heavy atom. The van der Waals surface area contributed by atoms with E-state index in [4.69, 9.17) is 20.4 Å². The van der Waals surface area contributed by atoms with Crippen LogP contribution in [0.1, 0.15) is 11.3 Å². The van der Waals surface area contributed by atoms with E-state index >= 15 is 0 Å². The summed E-state index contributed by atoms with van der Waals surface area (Å²) in [5.74, 6) is 2.98. The summed E-state index contributed by atoms with van der Waals surface area (Å²) in [6.07, 6.45) is 4.03. The molecule has 1 saturated heterocycles. The van der Waals surface area contributed by atoms with Gasteiger partial charge in [0.25, 0.3) is 0 Å². The van der Waals surface area contributed by atoms with E-state index in [0.717, 1.165) is 42.3 Å². The number of nitrogens with two attached hydrogens (primary N) is 1. The van der Waals surface area contributed by atoms with Gasteiger partial charge in [0.2, 0.25) is 5.82 Å². The van der Waals surface area contributed by atoms with Gasteiger partial charge in [-0.05, 0) is 40.3 Å². The number of fused-ring (bicyclic) bond motifs is 4. The van der Waals surface area contributed by atoms with Gasteiger partial charge in [0.05, 0.1) is 18.9 Å². The highest BCUT2D eigenvalue weighted by Gasteiger charge is 2.54. The second-order valence-corrected chi connectivity index (χ2v) is 9.33. The Morgan fingerprint density at radius 3 is 2.77 bits per heavy atom. The second-order valence-electron chi connectivity index (χ2n) is 9.33. The van der Waals surface area contributed by atoms with Crippen molar-refractivity contribution >= 4 is 11.5 Å². The number of aryl methyl sites for hydroxylation is 1. The largest absolute Gasteiger partial charge is 0.423 e. The summed E-state index contributed by atoms with van der Waals surface area (Å²) >= 11 is 0. The van der Waals surface area contributed by atoms with Crippen molar-refractivity contribution in [2.45, 2.75) is 12.5 Å². The highest BCUT2D eigenvalue weighted by molar-refractivity contribution is 5.88. The van der Waals surface area contributed by atoms with Crippen LogP contribution in [0.5, 0.6) is 11.8 Å². The van der Waals surface area contributed by atoms with Gasteiger partial charge in [-0.15, -0.1) is 10.2 Å². The van der Waals surface area contributed by atoms with Crippen LogP contribution in [-0.2, 0) is 13.5 Å². The molecule has 1 saturated carbocycles. The predicted octanol–water partition coefficient (Wildman–Crippen LogP) is 1.86. The van der Waals surface area contributed by atoms with Crippen molar-refractivity contribution in [1.82, 2.24) is 35.2 Å². The van der Waals surface area contributed by atoms with E-state index in [2.05, 4.69) is 48.8 Å². The van der Waals surface area contributed by atoms with Crippen molar-refractivity contribution in [1.29, 1.82) is 0 Å². The third-order valence-corrected chi connectivity index (χ3v) is 7.25. The van der Waals surface area contributed by atoms with E-state index in [1.807, 2.05) is 13.1 Å². The van der Waals surface area contributed by atoms with E-state index in [0.29, 0.717) is 41.0 Å². The van der Waals surface area contributed by atoms with Crippen LogP contribution in [0.3, 0.4) is 0 Å². The lowest BCUT2D eigenvalue weighted by Gasteiger charge is -2.23. The van der Waals surface area contributed by atoms with Crippen molar-refractivity contribution in [3.63, 3.8) is 0 Å². The molecule has 0 amide bonds. The molecule has 0 spiro atoms. The molecule has 3 aliphatic rings. The normalized spacial score (nSPS) is 21.5. The fourth-order valence-electron chi connectivity index (χ4n) is 5.41. The number of nitrogens with one attached hydrogen (secondary N) is 1. The monoisotopic (exact) mass is 468 g/mol. The molecule has 4 aromatic rings. The number of aromatic nitrogens is 7. The van der Waals surface area contributed by atoms with Crippen molar-refractivity contribution in [2.75, 3.05) is 30.4 Å². The fraction of sp³-hybridized carbons (Fsp3) is 0.333. The van der Waals surface area contributed by atoms with Gasteiger partial charge in [0.15, 0.2) is 0 Å². The minimum absolute atomic E-state index is 0.300. The molecule has 3 aromatic heterocycles. The van der Waals surface area contributed by atoms with Crippen molar-refractivity contribution in [3.05, 3.63) is 47.9 Å². The smallest absolute Gasteiger partial charge is 0.324 e. The summed E-state index contributed by atoms with van der Waals surface area (Å²) in [4.78, 5) is 17.8. The van der Waals surface area contributed by atoms with Gasteiger partial charge in [0, 0.05) is 55.6 Å². The fourth-order valence-corrected chi connectivity index (χ4v) is 5.41. The molecule has 0 radical (unpaired) electrons. The third kappa shape index (κ3) is 3.22. The number of ether oxygens (including phenoxy) is 1. The highest BCUT2D eigenvalue weighted by atomic mass is 16.5. The molecule has 11 heteroatoms. The zero-order valence-electron chi connectivity index (χ0n) is 19.4. The maximum Gasteiger partial charge on any atom is 0.324 e. The molecule has 4 heterocycles. The minimum Gasteiger partial charge on any atom is -0.423 e. The SMILES string of the molecule is CNc1cccc2c1Cc1nc(Oc3cncc(-c4nnn(C)n4)c3)nc(N3CC4C(N)C4C3)c1-2. The van der Waals surface area contributed by atoms with Crippen LogP contribution in [0.15, 0.2) is 36.7 Å². The molecule has 1 aromatic carbocycles. The zero-order valence-corrected chi connectivity index (χ0v) is 19.4. The van der Waals surface area contributed by atoms with Gasteiger partial charge < -0.3 is 20.7 Å². The van der Waals surface area contributed by atoms with Gasteiger partial charge in [0.1, 0.15) is 11.6 Å². The molecule has 1 aliphatic heterocycles. The van der Waals surface area contributed by atoms with Gasteiger partial charge in [-0.25, -0.2) is 0 Å². The summed E-state index contributed by atoms with van der Waals surface area (Å²) in [7, 11) is 3.66. The summed E-state index contributed by atoms with van der Waals surface area (Å²) in [5.41, 5.74) is 12.5. The van der Waals surface area contributed by atoms with E-state index in [1.54, 1.807) is 19.4 Å². The summed E-state index contributed by atoms with van der Waals surface area (Å²) in [6, 6.07) is 8.74. The first kappa shape index (κ1) is 20.3. The van der Waals surface area contributed by atoms with E-state index < -0.39 is 0 Å². The van der Waals surface area contributed by atoms with Crippen LogP contribution in [0.4, 0.5) is 11.5 Å². The van der Waals surface area contributed by atoms with E-state index in [-0.39, 0.29) is 0 Å². The summed E-state index contributed by atoms with van der Waals surface area (Å²) < 4.78 is 6.15. The van der Waals surface area contributed by atoms with Gasteiger partial charge in [-0.1, -0.05) is 12.1 Å². The predicted molar refractivity (Wildman–Crippen MR) is 129 cm³/mol. The Bertz CT molecular complexity index is 1450. The third-order valence-electron chi connectivity index (χ3n) is 7.25. The van der Waals surface area contributed by atoms with E-state index in [9.17, 15) is 0 Å². The summed E-state index contributed by atoms with van der Waals surface area (Å²) in [5, 5.41) is 15.5. The Hall–Kier alpha value is -4.12. The first-order valence-corrected chi connectivity index (χ1v) is 11.7. The maximum atomic E-state index is 6.22. The Labute approximate surface area is 201 Å². The molecule has 7 rings (SSSR count). The van der Waals surface area contributed by atoms with Gasteiger partial charge >= 0.3 is 6.01 Å². The van der Waals surface area contributed by atoms with Gasteiger partial charge in [-0.2, -0.15) is 14.8 Å². The Morgan fingerprint density at radius 1 is 1.14 bits per heavy atom. The average Bonchev–Trinajstić information content (AvgIpc) is 3.33. The molecule has 11 nitrogen and oxygen atoms in total. The molecular formula is C24H24N10O. The quantitative estimate of drug-likeness (QED) is 0.394. The Kier molecular flexibility index (Phi) is 4.31. The Balaban J connectivity index is 1.28. The molecular weight excluding hydrogens is 444 g/mol. The summed E-state index contributed by atoms with van der Waals surface area (Å²) in [6.45, 7) is 1.82. The molecule has 176 valence electrons. The van der Waals surface area contributed by atoms with Crippen LogP contribution in [0.25, 0.3) is 22.5 Å². The molecule has 2 fully saturated rings. The zero-order chi connectivity index (χ0) is 23.7. The van der Waals surface area contributed by atoms with Crippen molar-refractivity contribution < 1.29 is 4.74 Å². The number of nitrogens with zero attached hydrogens (tertiary/aromatic N) is 8. The number of hydrogen-bond donors (Lipinski definition) is 2. The van der Waals surface area contributed by atoms with E-state index in [1.165, 1.54) is 15.9 Å². The van der Waals surface area contributed by atoms with Crippen LogP contribution in [0.2, 0.25) is 0 Å². The van der Waals surface area contributed by atoms with Crippen LogP contribution in [0, 0.1) is 11.8 Å². The highest BCUT2D eigenvalue weighted by Crippen LogP contribution is 2.50.